The SMILES string of the molecule is CCOC(=O)C(C)(Nc1ccc(Br)cc1)c1nccs1. The molecule has 20 heavy (non-hydrogen) atoms. The van der Waals surface area contributed by atoms with E-state index in [1.54, 1.807) is 20.0 Å². The molecule has 0 aliphatic carbocycles. The highest BCUT2D eigenvalue weighted by atomic mass is 79.9. The number of carbonyl (C=O) groups is 1. The Labute approximate surface area is 130 Å². The van der Waals surface area contributed by atoms with E-state index in [4.69, 9.17) is 4.74 Å². The van der Waals surface area contributed by atoms with Crippen LogP contribution in [0.4, 0.5) is 5.69 Å². The third-order valence-corrected chi connectivity index (χ3v) is 4.31. The minimum atomic E-state index is -0.988. The van der Waals surface area contributed by atoms with Crippen molar-refractivity contribution in [1.82, 2.24) is 4.98 Å². The highest BCUT2D eigenvalue weighted by Gasteiger charge is 2.39. The van der Waals surface area contributed by atoms with Crippen molar-refractivity contribution in [3.63, 3.8) is 0 Å². The van der Waals surface area contributed by atoms with Crippen LogP contribution in [0, 0.1) is 0 Å². The second-order valence-corrected chi connectivity index (χ2v) is 6.12. The number of halogens is 1. The molecule has 0 amide bonds. The van der Waals surface area contributed by atoms with E-state index in [0.717, 1.165) is 10.2 Å². The third-order valence-electron chi connectivity index (χ3n) is 2.78. The number of aromatic nitrogens is 1. The van der Waals surface area contributed by atoms with Gasteiger partial charge in [0.1, 0.15) is 5.01 Å². The summed E-state index contributed by atoms with van der Waals surface area (Å²) in [5.74, 6) is -0.335. The fraction of sp³-hybridized carbons (Fsp3) is 0.286. The first-order valence-electron chi connectivity index (χ1n) is 6.17. The van der Waals surface area contributed by atoms with E-state index in [1.807, 2.05) is 29.6 Å². The molecule has 0 saturated carbocycles. The predicted molar refractivity (Wildman–Crippen MR) is 83.9 cm³/mol. The number of nitrogens with one attached hydrogen (secondary N) is 1. The van der Waals surface area contributed by atoms with Crippen molar-refractivity contribution < 1.29 is 9.53 Å². The van der Waals surface area contributed by atoms with Gasteiger partial charge in [0, 0.05) is 21.7 Å². The second kappa shape index (κ2) is 6.37. The van der Waals surface area contributed by atoms with Crippen molar-refractivity contribution in [1.29, 1.82) is 0 Å². The number of esters is 1. The largest absolute Gasteiger partial charge is 0.464 e. The fourth-order valence-corrected chi connectivity index (χ4v) is 2.77. The maximum atomic E-state index is 12.3. The lowest BCUT2D eigenvalue weighted by Crippen LogP contribution is -2.41. The van der Waals surface area contributed by atoms with Crippen molar-refractivity contribution >= 4 is 38.9 Å². The van der Waals surface area contributed by atoms with Crippen LogP contribution in [0.15, 0.2) is 40.3 Å². The standard InChI is InChI=1S/C14H15BrN2O2S/c1-3-19-13(18)14(2,12-16-8-9-20-12)17-11-6-4-10(15)5-7-11/h4-9,17H,3H2,1-2H3. The summed E-state index contributed by atoms with van der Waals surface area (Å²) in [6, 6.07) is 7.62. The lowest BCUT2D eigenvalue weighted by atomic mass is 10.0. The molecule has 0 aliphatic heterocycles. The Hall–Kier alpha value is -1.40. The molecular weight excluding hydrogens is 340 g/mol. The summed E-state index contributed by atoms with van der Waals surface area (Å²) < 4.78 is 6.16. The molecule has 0 spiro atoms. The lowest BCUT2D eigenvalue weighted by Gasteiger charge is -2.27. The molecule has 2 aromatic rings. The van der Waals surface area contributed by atoms with Crippen LogP contribution in [0.2, 0.25) is 0 Å². The van der Waals surface area contributed by atoms with E-state index in [-0.39, 0.29) is 5.97 Å². The normalized spacial score (nSPS) is 13.6. The molecule has 1 aromatic carbocycles. The number of benzene rings is 1. The number of thiazole rings is 1. The summed E-state index contributed by atoms with van der Waals surface area (Å²) >= 11 is 4.81. The molecule has 1 atom stereocenters. The quantitative estimate of drug-likeness (QED) is 0.829. The summed E-state index contributed by atoms with van der Waals surface area (Å²) in [4.78, 5) is 16.6. The van der Waals surface area contributed by atoms with Crippen molar-refractivity contribution in [2.24, 2.45) is 0 Å². The summed E-state index contributed by atoms with van der Waals surface area (Å²) in [6.45, 7) is 3.91. The van der Waals surface area contributed by atoms with E-state index in [2.05, 4.69) is 26.2 Å². The molecule has 4 nitrogen and oxygen atoms in total. The van der Waals surface area contributed by atoms with E-state index in [9.17, 15) is 4.79 Å². The Morgan fingerprint density at radius 3 is 2.70 bits per heavy atom. The summed E-state index contributed by atoms with van der Waals surface area (Å²) in [5, 5.41) is 5.74. The van der Waals surface area contributed by atoms with Crippen molar-refractivity contribution in [3.8, 4) is 0 Å². The summed E-state index contributed by atoms with van der Waals surface area (Å²) in [6.07, 6.45) is 1.68. The number of ether oxygens (including phenoxy) is 1. The molecule has 106 valence electrons. The summed E-state index contributed by atoms with van der Waals surface area (Å²) in [5.41, 5.74) is -0.156. The van der Waals surface area contributed by atoms with Gasteiger partial charge in [-0.25, -0.2) is 9.78 Å². The van der Waals surface area contributed by atoms with E-state index < -0.39 is 5.54 Å². The molecule has 0 bridgehead atoms. The maximum Gasteiger partial charge on any atom is 0.338 e. The van der Waals surface area contributed by atoms with Gasteiger partial charge in [-0.05, 0) is 38.1 Å². The number of nitrogens with zero attached hydrogens (tertiary/aromatic N) is 1. The van der Waals surface area contributed by atoms with Gasteiger partial charge in [0.15, 0.2) is 5.54 Å². The van der Waals surface area contributed by atoms with Gasteiger partial charge >= 0.3 is 5.97 Å². The van der Waals surface area contributed by atoms with Crippen LogP contribution in [0.5, 0.6) is 0 Å². The van der Waals surface area contributed by atoms with Gasteiger partial charge in [-0.1, -0.05) is 15.9 Å². The predicted octanol–water partition coefficient (Wildman–Crippen LogP) is 3.80. The van der Waals surface area contributed by atoms with Gasteiger partial charge in [0.2, 0.25) is 0 Å². The molecule has 2 rings (SSSR count). The molecule has 1 aromatic heterocycles. The highest BCUT2D eigenvalue weighted by Crippen LogP contribution is 2.29. The highest BCUT2D eigenvalue weighted by molar-refractivity contribution is 9.10. The van der Waals surface area contributed by atoms with Crippen LogP contribution in [-0.4, -0.2) is 17.6 Å². The minimum Gasteiger partial charge on any atom is -0.464 e. The van der Waals surface area contributed by atoms with Gasteiger partial charge < -0.3 is 10.1 Å². The lowest BCUT2D eigenvalue weighted by molar-refractivity contribution is -0.148. The Bertz CT molecular complexity index is 571. The van der Waals surface area contributed by atoms with Crippen LogP contribution < -0.4 is 5.32 Å². The summed E-state index contributed by atoms with van der Waals surface area (Å²) in [7, 11) is 0. The first-order valence-corrected chi connectivity index (χ1v) is 7.84. The van der Waals surface area contributed by atoms with E-state index in [1.165, 1.54) is 11.3 Å². The first-order chi connectivity index (χ1) is 9.56. The smallest absolute Gasteiger partial charge is 0.338 e. The second-order valence-electron chi connectivity index (χ2n) is 4.31. The zero-order valence-electron chi connectivity index (χ0n) is 11.2. The first kappa shape index (κ1) is 15.0. The molecule has 0 aliphatic rings. The molecule has 0 fully saturated rings. The number of carbonyl (C=O) groups excluding carboxylic acids is 1. The van der Waals surface area contributed by atoms with Gasteiger partial charge in [0.25, 0.3) is 0 Å². The van der Waals surface area contributed by atoms with Gasteiger partial charge in [-0.3, -0.25) is 0 Å². The fourth-order valence-electron chi connectivity index (χ4n) is 1.76. The monoisotopic (exact) mass is 354 g/mol. The van der Waals surface area contributed by atoms with Crippen molar-refractivity contribution in [3.05, 3.63) is 45.3 Å². The number of rotatable bonds is 5. The van der Waals surface area contributed by atoms with Crippen molar-refractivity contribution in [2.45, 2.75) is 19.4 Å². The molecule has 1 heterocycles. The Morgan fingerprint density at radius 1 is 1.45 bits per heavy atom. The molecule has 0 saturated heterocycles. The maximum absolute atomic E-state index is 12.3. The molecule has 1 unspecified atom stereocenters. The minimum absolute atomic E-state index is 0.335. The van der Waals surface area contributed by atoms with Crippen LogP contribution in [-0.2, 0) is 15.1 Å². The number of hydrogen-bond donors (Lipinski definition) is 1. The Morgan fingerprint density at radius 2 is 2.15 bits per heavy atom. The Kier molecular flexibility index (Phi) is 4.77. The average Bonchev–Trinajstić information content (AvgIpc) is 2.96. The van der Waals surface area contributed by atoms with E-state index >= 15 is 0 Å². The van der Waals surface area contributed by atoms with Gasteiger partial charge in [-0.15, -0.1) is 11.3 Å². The third kappa shape index (κ3) is 3.19. The van der Waals surface area contributed by atoms with Crippen molar-refractivity contribution in [2.75, 3.05) is 11.9 Å². The number of anilines is 1. The zero-order chi connectivity index (χ0) is 14.6. The van der Waals surface area contributed by atoms with Gasteiger partial charge in [-0.2, -0.15) is 0 Å². The molecule has 1 N–H and O–H groups in total. The number of hydrogen-bond acceptors (Lipinski definition) is 5. The van der Waals surface area contributed by atoms with E-state index in [0.29, 0.717) is 11.6 Å². The average molecular weight is 355 g/mol. The van der Waals surface area contributed by atoms with Crippen LogP contribution >= 0.6 is 27.3 Å². The molecular formula is C14H15BrN2O2S. The van der Waals surface area contributed by atoms with Crippen LogP contribution in [0.3, 0.4) is 0 Å². The van der Waals surface area contributed by atoms with Crippen LogP contribution in [0.1, 0.15) is 18.9 Å². The molecule has 0 radical (unpaired) electrons. The molecule has 6 heteroatoms. The van der Waals surface area contributed by atoms with Gasteiger partial charge in [0.05, 0.1) is 6.61 Å². The zero-order valence-corrected chi connectivity index (χ0v) is 13.6. The van der Waals surface area contributed by atoms with Crippen LogP contribution in [0.25, 0.3) is 0 Å². The Balaban J connectivity index is 2.32. The topological polar surface area (TPSA) is 51.2 Å².